The Balaban J connectivity index is 3.71. The van der Waals surface area contributed by atoms with Gasteiger partial charge in [-0.2, -0.15) is 0 Å². The van der Waals surface area contributed by atoms with Gasteiger partial charge in [0.25, 0.3) is 0 Å². The van der Waals surface area contributed by atoms with Crippen LogP contribution in [0.4, 0.5) is 0 Å². The van der Waals surface area contributed by atoms with E-state index in [9.17, 15) is 0 Å². The van der Waals surface area contributed by atoms with Crippen LogP contribution in [0.1, 0.15) is 20.3 Å². The summed E-state index contributed by atoms with van der Waals surface area (Å²) in [5.41, 5.74) is 9.51. The second-order valence-corrected chi connectivity index (χ2v) is 2.24. The van der Waals surface area contributed by atoms with Gasteiger partial charge in [0.2, 0.25) is 0 Å². The fraction of sp³-hybridized carbons (Fsp3) is 1.00. The maximum Gasteiger partial charge on any atom is 0.0896 e. The lowest BCUT2D eigenvalue weighted by atomic mass is 10.0. The van der Waals surface area contributed by atoms with Crippen molar-refractivity contribution in [3.63, 3.8) is 0 Å². The molecule has 0 heterocycles. The van der Waals surface area contributed by atoms with Crippen molar-refractivity contribution in [1.29, 1.82) is 0 Å². The molecule has 1 unspecified atom stereocenters. The Bertz CT molecular complexity index is 70.8. The summed E-state index contributed by atoms with van der Waals surface area (Å²) in [5.74, 6) is 0. The van der Waals surface area contributed by atoms with E-state index < -0.39 is 11.8 Å². The van der Waals surface area contributed by atoms with Crippen LogP contribution >= 0.6 is 0 Å². The second-order valence-electron chi connectivity index (χ2n) is 2.24. The molecule has 5 N–H and O–H groups in total. The molecule has 0 aromatic heterocycles. The highest BCUT2D eigenvalue weighted by molar-refractivity contribution is 4.78. The fourth-order valence-corrected chi connectivity index (χ4v) is 0.236. The summed E-state index contributed by atoms with van der Waals surface area (Å²) in [7, 11) is 0. The van der Waals surface area contributed by atoms with E-state index in [0.29, 0.717) is 6.42 Å². The monoisotopic (exact) mass is 118 g/mol. The normalized spacial score (nSPS) is 18.8. The number of hydrogen-bond donors (Lipinski definition) is 3. The Morgan fingerprint density at radius 1 is 1.62 bits per heavy atom. The third-order valence-corrected chi connectivity index (χ3v) is 1.43. The van der Waals surface area contributed by atoms with E-state index in [4.69, 9.17) is 16.6 Å². The van der Waals surface area contributed by atoms with Crippen LogP contribution in [0.3, 0.4) is 0 Å². The summed E-state index contributed by atoms with van der Waals surface area (Å²) in [5, 5.41) is 9.15. The smallest absolute Gasteiger partial charge is 0.0896 e. The minimum Gasteiger partial charge on any atom is -0.387 e. The van der Waals surface area contributed by atoms with Crippen LogP contribution in [0.25, 0.3) is 0 Å². The predicted octanol–water partition coefficient (Wildman–Crippen LogP) is -0.609. The van der Waals surface area contributed by atoms with Crippen molar-refractivity contribution < 1.29 is 5.11 Å². The van der Waals surface area contributed by atoms with E-state index in [1.165, 1.54) is 0 Å². The van der Waals surface area contributed by atoms with Crippen LogP contribution in [0.5, 0.6) is 0 Å². The number of nitrogens with two attached hydrogens (primary N) is 2. The van der Waals surface area contributed by atoms with Crippen molar-refractivity contribution in [2.45, 2.75) is 32.0 Å². The van der Waals surface area contributed by atoms with E-state index in [1.807, 2.05) is 6.92 Å². The largest absolute Gasteiger partial charge is 0.387 e. The third-order valence-electron chi connectivity index (χ3n) is 1.43. The molecule has 0 spiro atoms. The van der Waals surface area contributed by atoms with Gasteiger partial charge in [-0.05, 0) is 13.3 Å². The minimum atomic E-state index is -0.903. The summed E-state index contributed by atoms with van der Waals surface area (Å²) in [6.45, 7) is 3.46. The first-order chi connectivity index (χ1) is 3.50. The first-order valence-corrected chi connectivity index (χ1v) is 2.74. The summed E-state index contributed by atoms with van der Waals surface area (Å²) in [6, 6.07) is 0. The summed E-state index contributed by atoms with van der Waals surface area (Å²) in [6.07, 6.45) is -0.0440. The van der Waals surface area contributed by atoms with Crippen molar-refractivity contribution >= 4 is 0 Å². The SMILES string of the molecule is CCC(C)(O)C(N)N. The van der Waals surface area contributed by atoms with E-state index in [0.717, 1.165) is 0 Å². The topological polar surface area (TPSA) is 72.3 Å². The highest BCUT2D eigenvalue weighted by Crippen LogP contribution is 2.07. The van der Waals surface area contributed by atoms with Crippen molar-refractivity contribution in [3.05, 3.63) is 0 Å². The number of aliphatic hydroxyl groups is 1. The van der Waals surface area contributed by atoms with Gasteiger partial charge in [-0.15, -0.1) is 0 Å². The predicted molar refractivity (Wildman–Crippen MR) is 33.1 cm³/mol. The van der Waals surface area contributed by atoms with Crippen LogP contribution in [0.2, 0.25) is 0 Å². The molecule has 0 aliphatic carbocycles. The Morgan fingerprint density at radius 2 is 2.00 bits per heavy atom. The molecule has 0 saturated carbocycles. The lowest BCUT2D eigenvalue weighted by molar-refractivity contribution is 0.0309. The van der Waals surface area contributed by atoms with Gasteiger partial charge < -0.3 is 16.6 Å². The molecule has 0 fully saturated rings. The first kappa shape index (κ1) is 7.88. The van der Waals surface area contributed by atoms with Crippen LogP contribution in [0.15, 0.2) is 0 Å². The summed E-state index contributed by atoms with van der Waals surface area (Å²) >= 11 is 0. The van der Waals surface area contributed by atoms with Crippen LogP contribution in [-0.4, -0.2) is 16.9 Å². The quantitative estimate of drug-likeness (QED) is 0.423. The Morgan fingerprint density at radius 3 is 2.00 bits per heavy atom. The van der Waals surface area contributed by atoms with E-state index in [1.54, 1.807) is 6.92 Å². The molecular weight excluding hydrogens is 104 g/mol. The Labute approximate surface area is 49.7 Å². The Hall–Kier alpha value is -0.120. The molecule has 50 valence electrons. The maximum atomic E-state index is 9.15. The summed E-state index contributed by atoms with van der Waals surface area (Å²) < 4.78 is 0. The molecule has 1 atom stereocenters. The molecule has 0 aliphatic heterocycles. The molecule has 0 aromatic carbocycles. The second kappa shape index (κ2) is 2.44. The van der Waals surface area contributed by atoms with Crippen molar-refractivity contribution in [3.8, 4) is 0 Å². The average molecular weight is 118 g/mol. The van der Waals surface area contributed by atoms with Crippen LogP contribution < -0.4 is 11.5 Å². The molecule has 0 aromatic rings. The van der Waals surface area contributed by atoms with E-state index in [-0.39, 0.29) is 0 Å². The van der Waals surface area contributed by atoms with Gasteiger partial charge in [-0.1, -0.05) is 6.92 Å². The molecule has 0 aliphatic rings. The number of rotatable bonds is 2. The third kappa shape index (κ3) is 1.78. The molecule has 0 radical (unpaired) electrons. The van der Waals surface area contributed by atoms with Gasteiger partial charge >= 0.3 is 0 Å². The Kier molecular flexibility index (Phi) is 2.40. The van der Waals surface area contributed by atoms with E-state index in [2.05, 4.69) is 0 Å². The molecule has 0 amide bonds. The molecule has 0 saturated heterocycles. The van der Waals surface area contributed by atoms with Gasteiger partial charge in [0.05, 0.1) is 11.8 Å². The van der Waals surface area contributed by atoms with Gasteiger partial charge in [0, 0.05) is 0 Å². The zero-order valence-electron chi connectivity index (χ0n) is 5.39. The van der Waals surface area contributed by atoms with Crippen LogP contribution in [0, 0.1) is 0 Å². The first-order valence-electron chi connectivity index (χ1n) is 2.74. The molecule has 0 rings (SSSR count). The van der Waals surface area contributed by atoms with Gasteiger partial charge in [-0.3, -0.25) is 0 Å². The molecular formula is C5H14N2O. The standard InChI is InChI=1S/C5H14N2O/c1-3-5(2,8)4(6)7/h4,8H,3,6-7H2,1-2H3. The highest BCUT2D eigenvalue weighted by Gasteiger charge is 2.22. The van der Waals surface area contributed by atoms with Crippen molar-refractivity contribution in [2.75, 3.05) is 0 Å². The van der Waals surface area contributed by atoms with Crippen molar-refractivity contribution in [2.24, 2.45) is 11.5 Å². The van der Waals surface area contributed by atoms with Crippen LogP contribution in [-0.2, 0) is 0 Å². The zero-order valence-corrected chi connectivity index (χ0v) is 5.39. The van der Waals surface area contributed by atoms with Gasteiger partial charge in [0.1, 0.15) is 0 Å². The van der Waals surface area contributed by atoms with Crippen molar-refractivity contribution in [1.82, 2.24) is 0 Å². The lowest BCUT2D eigenvalue weighted by Crippen LogP contribution is -2.51. The number of hydrogen-bond acceptors (Lipinski definition) is 3. The van der Waals surface area contributed by atoms with Gasteiger partial charge in [-0.25, -0.2) is 0 Å². The lowest BCUT2D eigenvalue weighted by Gasteiger charge is -2.24. The highest BCUT2D eigenvalue weighted by atomic mass is 16.3. The van der Waals surface area contributed by atoms with E-state index >= 15 is 0 Å². The minimum absolute atomic E-state index is 0.588. The molecule has 3 nitrogen and oxygen atoms in total. The molecule has 3 heteroatoms. The zero-order chi connectivity index (χ0) is 6.78. The van der Waals surface area contributed by atoms with Gasteiger partial charge in [0.15, 0.2) is 0 Å². The molecule has 0 bridgehead atoms. The fourth-order valence-electron chi connectivity index (χ4n) is 0.236. The summed E-state index contributed by atoms with van der Waals surface area (Å²) in [4.78, 5) is 0. The average Bonchev–Trinajstić information content (AvgIpc) is 1.67. The maximum absolute atomic E-state index is 9.15. The molecule has 8 heavy (non-hydrogen) atoms.